The number of hydrogen-bond donors (Lipinski definition) is 0. The van der Waals surface area contributed by atoms with Crippen molar-refractivity contribution >= 4 is 10.9 Å². The van der Waals surface area contributed by atoms with E-state index in [1.807, 2.05) is 60.7 Å². The monoisotopic (exact) mass is 396 g/mol. The average Bonchev–Trinajstić information content (AvgIpc) is 2.74. The molecule has 1 aliphatic heterocycles. The van der Waals surface area contributed by atoms with Gasteiger partial charge in [-0.2, -0.15) is 0 Å². The Kier molecular flexibility index (Phi) is 5.76. The molecule has 1 unspecified atom stereocenters. The fourth-order valence-electron chi connectivity index (χ4n) is 4.12. The van der Waals surface area contributed by atoms with Gasteiger partial charge in [-0.1, -0.05) is 48.5 Å². The van der Waals surface area contributed by atoms with E-state index in [2.05, 4.69) is 4.90 Å². The van der Waals surface area contributed by atoms with Crippen LogP contribution in [0.4, 0.5) is 8.78 Å². The second-order valence-electron chi connectivity index (χ2n) is 7.80. The van der Waals surface area contributed by atoms with Crippen LogP contribution in [0.5, 0.6) is 5.75 Å². The Labute approximate surface area is 170 Å². The smallest absolute Gasteiger partial charge is 0.253 e. The summed E-state index contributed by atoms with van der Waals surface area (Å²) >= 11 is 0. The summed E-state index contributed by atoms with van der Waals surface area (Å²) in [6.45, 7) is 1.36. The summed E-state index contributed by atoms with van der Waals surface area (Å²) in [5, 5.41) is 1.01. The van der Waals surface area contributed by atoms with Crippen LogP contribution in [0.1, 0.15) is 24.1 Å². The Hall–Kier alpha value is -2.53. The van der Waals surface area contributed by atoms with Gasteiger partial charge in [-0.15, -0.1) is 0 Å². The predicted molar refractivity (Wildman–Crippen MR) is 111 cm³/mol. The normalized spacial score (nSPS) is 19.3. The first-order valence-corrected chi connectivity index (χ1v) is 10.1. The minimum absolute atomic E-state index is 0.0939. The zero-order valence-electron chi connectivity index (χ0n) is 16.7. The van der Waals surface area contributed by atoms with E-state index in [1.165, 1.54) is 0 Å². The molecule has 1 aliphatic rings. The first kappa shape index (κ1) is 19.8. The lowest BCUT2D eigenvalue weighted by molar-refractivity contribution is -0.109. The minimum atomic E-state index is -2.61. The summed E-state index contributed by atoms with van der Waals surface area (Å²) in [6, 6.07) is 19.7. The van der Waals surface area contributed by atoms with Gasteiger partial charge in [0.05, 0.1) is 12.8 Å². The van der Waals surface area contributed by atoms with Gasteiger partial charge in [-0.25, -0.2) is 13.8 Å². The second kappa shape index (κ2) is 8.46. The summed E-state index contributed by atoms with van der Waals surface area (Å²) in [4.78, 5) is 6.85. The van der Waals surface area contributed by atoms with Crippen LogP contribution >= 0.6 is 0 Å². The van der Waals surface area contributed by atoms with Crippen LogP contribution in [0.2, 0.25) is 0 Å². The molecule has 1 fully saturated rings. The van der Waals surface area contributed by atoms with Gasteiger partial charge in [-0.3, -0.25) is 4.90 Å². The van der Waals surface area contributed by atoms with E-state index in [4.69, 9.17) is 9.72 Å². The maximum atomic E-state index is 14.5. The molecule has 152 valence electrons. The molecule has 0 N–H and O–H groups in total. The summed E-state index contributed by atoms with van der Waals surface area (Å²) in [6.07, 6.45) is 1.08. The Bertz CT molecular complexity index is 962. The number of alkyl halides is 2. The Morgan fingerprint density at radius 2 is 1.90 bits per heavy atom. The zero-order valence-corrected chi connectivity index (χ0v) is 16.7. The van der Waals surface area contributed by atoms with Crippen molar-refractivity contribution in [2.45, 2.75) is 31.7 Å². The van der Waals surface area contributed by atoms with Gasteiger partial charge in [0, 0.05) is 37.4 Å². The molecule has 0 amide bonds. The van der Waals surface area contributed by atoms with Crippen LogP contribution in [0, 0.1) is 5.92 Å². The number of nitrogens with zero attached hydrogens (tertiary/aromatic N) is 2. The molecule has 1 aromatic heterocycles. The number of pyridine rings is 1. The van der Waals surface area contributed by atoms with Gasteiger partial charge >= 0.3 is 0 Å². The minimum Gasteiger partial charge on any atom is -0.494 e. The number of hydrogen-bond acceptors (Lipinski definition) is 3. The topological polar surface area (TPSA) is 25.4 Å². The van der Waals surface area contributed by atoms with Crippen LogP contribution < -0.4 is 4.74 Å². The van der Waals surface area contributed by atoms with Crippen molar-refractivity contribution in [3.8, 4) is 5.75 Å². The van der Waals surface area contributed by atoms with Gasteiger partial charge in [0.25, 0.3) is 5.92 Å². The third-order valence-electron chi connectivity index (χ3n) is 5.81. The lowest BCUT2D eigenvalue weighted by Gasteiger charge is -2.38. The van der Waals surface area contributed by atoms with E-state index in [9.17, 15) is 8.78 Å². The maximum Gasteiger partial charge on any atom is 0.253 e. The molecule has 0 bridgehead atoms. The van der Waals surface area contributed by atoms with Crippen molar-refractivity contribution in [2.75, 3.05) is 20.2 Å². The van der Waals surface area contributed by atoms with E-state index < -0.39 is 11.8 Å². The molecule has 2 heterocycles. The van der Waals surface area contributed by atoms with Crippen molar-refractivity contribution < 1.29 is 13.5 Å². The van der Waals surface area contributed by atoms with Gasteiger partial charge < -0.3 is 4.74 Å². The number of piperidine rings is 1. The van der Waals surface area contributed by atoms with Crippen molar-refractivity contribution in [2.24, 2.45) is 5.92 Å². The number of halogens is 2. The lowest BCUT2D eigenvalue weighted by atomic mass is 9.88. The fourth-order valence-corrected chi connectivity index (χ4v) is 4.12. The van der Waals surface area contributed by atoms with Gasteiger partial charge in [-0.05, 0) is 30.5 Å². The number of para-hydroxylation sites is 1. The fraction of sp³-hybridized carbons (Fsp3) is 0.375. The number of aromatic nitrogens is 1. The zero-order chi connectivity index (χ0) is 20.3. The second-order valence-corrected chi connectivity index (χ2v) is 7.80. The van der Waals surface area contributed by atoms with Crippen molar-refractivity contribution in [3.05, 3.63) is 71.9 Å². The van der Waals surface area contributed by atoms with E-state index in [0.717, 1.165) is 27.9 Å². The summed E-state index contributed by atoms with van der Waals surface area (Å²) < 4.78 is 34.5. The van der Waals surface area contributed by atoms with E-state index in [-0.39, 0.29) is 6.42 Å². The first-order valence-electron chi connectivity index (χ1n) is 10.1. The SMILES string of the molecule is COc1cccc2ccc(CN3CCC(F)(F)C(CCc4ccccc4)C3)nc12. The number of fused-ring (bicyclic) bond motifs is 1. The highest BCUT2D eigenvalue weighted by molar-refractivity contribution is 5.84. The average molecular weight is 396 g/mol. The Morgan fingerprint density at radius 3 is 2.69 bits per heavy atom. The number of methoxy groups -OCH3 is 1. The van der Waals surface area contributed by atoms with E-state index in [1.54, 1.807) is 7.11 Å². The molecule has 0 spiro atoms. The van der Waals surface area contributed by atoms with Gasteiger partial charge in [0.15, 0.2) is 0 Å². The highest BCUT2D eigenvalue weighted by Gasteiger charge is 2.43. The molecule has 29 heavy (non-hydrogen) atoms. The number of ether oxygens (including phenoxy) is 1. The van der Waals surface area contributed by atoms with Crippen LogP contribution in [-0.2, 0) is 13.0 Å². The van der Waals surface area contributed by atoms with E-state index >= 15 is 0 Å². The quantitative estimate of drug-likeness (QED) is 0.563. The van der Waals surface area contributed by atoms with E-state index in [0.29, 0.717) is 32.5 Å². The van der Waals surface area contributed by atoms with Crippen LogP contribution in [0.25, 0.3) is 10.9 Å². The molecule has 0 saturated carbocycles. The molecule has 3 nitrogen and oxygen atoms in total. The highest BCUT2D eigenvalue weighted by atomic mass is 19.3. The largest absolute Gasteiger partial charge is 0.494 e. The van der Waals surface area contributed by atoms with Crippen molar-refractivity contribution in [1.29, 1.82) is 0 Å². The van der Waals surface area contributed by atoms with Gasteiger partial charge in [0.1, 0.15) is 11.3 Å². The summed E-state index contributed by atoms with van der Waals surface area (Å²) in [5.74, 6) is -2.51. The highest BCUT2D eigenvalue weighted by Crippen LogP contribution is 2.36. The predicted octanol–water partition coefficient (Wildman–Crippen LogP) is 5.33. The third kappa shape index (κ3) is 4.56. The van der Waals surface area contributed by atoms with Crippen LogP contribution in [0.3, 0.4) is 0 Å². The molecule has 0 radical (unpaired) electrons. The molecule has 5 heteroatoms. The molecule has 1 atom stereocenters. The molecule has 0 aliphatic carbocycles. The summed E-state index contributed by atoms with van der Waals surface area (Å²) in [5.41, 5.74) is 2.81. The Morgan fingerprint density at radius 1 is 1.07 bits per heavy atom. The molecule has 4 rings (SSSR count). The molecular weight excluding hydrogens is 370 g/mol. The molecule has 3 aromatic rings. The standard InChI is InChI=1S/C24H26F2N2O/c1-29-22-9-5-8-19-11-13-21(27-23(19)22)17-28-15-14-24(25,26)20(16-28)12-10-18-6-3-2-4-7-18/h2-9,11,13,20H,10,12,14-17H2,1H3. The molecule has 1 saturated heterocycles. The first-order chi connectivity index (χ1) is 14.0. The van der Waals surface area contributed by atoms with Crippen LogP contribution in [-0.4, -0.2) is 36.0 Å². The summed E-state index contributed by atoms with van der Waals surface area (Å²) in [7, 11) is 1.63. The third-order valence-corrected chi connectivity index (χ3v) is 5.81. The number of likely N-dealkylation sites (tertiary alicyclic amines) is 1. The van der Waals surface area contributed by atoms with Crippen LogP contribution in [0.15, 0.2) is 60.7 Å². The Balaban J connectivity index is 1.45. The lowest BCUT2D eigenvalue weighted by Crippen LogP contribution is -2.46. The number of aryl methyl sites for hydroxylation is 1. The molecule has 2 aromatic carbocycles. The number of benzene rings is 2. The molecular formula is C24H26F2N2O. The number of rotatable bonds is 6. The maximum absolute atomic E-state index is 14.5. The van der Waals surface area contributed by atoms with Gasteiger partial charge in [0.2, 0.25) is 0 Å². The van der Waals surface area contributed by atoms with Crippen molar-refractivity contribution in [1.82, 2.24) is 9.88 Å². The van der Waals surface area contributed by atoms with Crippen molar-refractivity contribution in [3.63, 3.8) is 0 Å².